The molecule has 0 saturated carbocycles. The summed E-state index contributed by atoms with van der Waals surface area (Å²) < 4.78 is 0. The van der Waals surface area contributed by atoms with Crippen molar-refractivity contribution in [2.45, 2.75) is 6.54 Å². The topological polar surface area (TPSA) is 94.6 Å². The Morgan fingerprint density at radius 1 is 1.35 bits per heavy atom. The van der Waals surface area contributed by atoms with Crippen LogP contribution in [0.5, 0.6) is 0 Å². The first-order valence-corrected chi connectivity index (χ1v) is 6.53. The molecular weight excluding hydrogens is 260 g/mol. The molecule has 1 saturated heterocycles. The molecule has 0 aliphatic carbocycles. The van der Waals surface area contributed by atoms with Crippen LogP contribution >= 0.6 is 0 Å². The van der Waals surface area contributed by atoms with Gasteiger partial charge in [-0.2, -0.15) is 0 Å². The normalized spacial score (nSPS) is 15.8. The molecule has 2 heterocycles. The molecule has 0 bridgehead atoms. The molecule has 7 nitrogen and oxygen atoms in total. The molecule has 1 aromatic rings. The molecule has 1 aliphatic heterocycles. The van der Waals surface area contributed by atoms with Crippen molar-refractivity contribution >= 4 is 11.9 Å². The number of carboxylic acid groups (broad SMARTS) is 1. The summed E-state index contributed by atoms with van der Waals surface area (Å²) in [4.78, 5) is 28.3. The zero-order chi connectivity index (χ0) is 14.4. The molecular formula is C13H18N4O3. The van der Waals surface area contributed by atoms with Crippen LogP contribution in [0.25, 0.3) is 0 Å². The lowest BCUT2D eigenvalue weighted by Gasteiger charge is -2.26. The second-order valence-corrected chi connectivity index (χ2v) is 4.66. The van der Waals surface area contributed by atoms with E-state index >= 15 is 0 Å². The molecule has 0 atom stereocenters. The van der Waals surface area contributed by atoms with Crippen LogP contribution in [0.1, 0.15) is 16.1 Å². The summed E-state index contributed by atoms with van der Waals surface area (Å²) in [7, 11) is 0. The van der Waals surface area contributed by atoms with Gasteiger partial charge >= 0.3 is 5.97 Å². The second kappa shape index (κ2) is 6.97. The Morgan fingerprint density at radius 3 is 2.70 bits per heavy atom. The number of aromatic nitrogens is 1. The molecule has 0 spiro atoms. The summed E-state index contributed by atoms with van der Waals surface area (Å²) >= 11 is 0. The Bertz CT molecular complexity index is 469. The summed E-state index contributed by atoms with van der Waals surface area (Å²) in [5.74, 6) is -1.09. The third kappa shape index (κ3) is 4.29. The van der Waals surface area contributed by atoms with E-state index < -0.39 is 5.97 Å². The summed E-state index contributed by atoms with van der Waals surface area (Å²) in [5.41, 5.74) is 0.782. The van der Waals surface area contributed by atoms with Gasteiger partial charge in [0.1, 0.15) is 5.69 Å². The van der Waals surface area contributed by atoms with Crippen molar-refractivity contribution < 1.29 is 14.7 Å². The van der Waals surface area contributed by atoms with Crippen LogP contribution in [0, 0.1) is 0 Å². The molecule has 2 rings (SSSR count). The van der Waals surface area contributed by atoms with Gasteiger partial charge in [0.05, 0.1) is 6.54 Å². The molecule has 1 fully saturated rings. The quantitative estimate of drug-likeness (QED) is 0.659. The third-order valence-corrected chi connectivity index (χ3v) is 3.11. The minimum Gasteiger partial charge on any atom is -0.477 e. The van der Waals surface area contributed by atoms with E-state index in [0.717, 1.165) is 31.7 Å². The molecule has 20 heavy (non-hydrogen) atoms. The minimum absolute atomic E-state index is 0.000827. The molecule has 1 amide bonds. The Balaban J connectivity index is 1.76. The first-order chi connectivity index (χ1) is 9.65. The fourth-order valence-electron chi connectivity index (χ4n) is 1.98. The number of rotatable bonds is 5. The Kier molecular flexibility index (Phi) is 5.03. The largest absolute Gasteiger partial charge is 0.477 e. The van der Waals surface area contributed by atoms with E-state index in [0.29, 0.717) is 13.1 Å². The van der Waals surface area contributed by atoms with Crippen LogP contribution in [0.2, 0.25) is 0 Å². The standard InChI is InChI=1S/C13H18N4O3/c18-12(9-17-5-3-14-4-6-17)16-8-10-1-2-11(13(19)20)15-7-10/h1-2,7,14H,3-6,8-9H2,(H,16,18)(H,19,20). The molecule has 1 aromatic heterocycles. The number of pyridine rings is 1. The first kappa shape index (κ1) is 14.4. The average molecular weight is 278 g/mol. The maximum Gasteiger partial charge on any atom is 0.354 e. The Hall–Kier alpha value is -1.99. The van der Waals surface area contributed by atoms with Gasteiger partial charge in [0.25, 0.3) is 0 Å². The van der Waals surface area contributed by atoms with E-state index in [9.17, 15) is 9.59 Å². The number of nitrogens with one attached hydrogen (secondary N) is 2. The maximum absolute atomic E-state index is 11.8. The van der Waals surface area contributed by atoms with E-state index in [1.54, 1.807) is 6.07 Å². The molecule has 1 aliphatic rings. The van der Waals surface area contributed by atoms with Gasteiger partial charge in [0.15, 0.2) is 0 Å². The van der Waals surface area contributed by atoms with Gasteiger partial charge in [-0.25, -0.2) is 9.78 Å². The molecule has 3 N–H and O–H groups in total. The van der Waals surface area contributed by atoms with Crippen molar-refractivity contribution in [3.05, 3.63) is 29.6 Å². The SMILES string of the molecule is O=C(CN1CCNCC1)NCc1ccc(C(=O)O)nc1. The van der Waals surface area contributed by atoms with E-state index in [4.69, 9.17) is 5.11 Å². The summed E-state index contributed by atoms with van der Waals surface area (Å²) in [5, 5.41) is 14.8. The van der Waals surface area contributed by atoms with Gasteiger partial charge < -0.3 is 15.7 Å². The van der Waals surface area contributed by atoms with Crippen molar-refractivity contribution in [2.24, 2.45) is 0 Å². The molecule has 0 aromatic carbocycles. The van der Waals surface area contributed by atoms with E-state index in [1.807, 2.05) is 0 Å². The van der Waals surface area contributed by atoms with Crippen LogP contribution in [-0.4, -0.2) is 59.6 Å². The highest BCUT2D eigenvalue weighted by Crippen LogP contribution is 2.00. The van der Waals surface area contributed by atoms with E-state index in [1.165, 1.54) is 12.3 Å². The third-order valence-electron chi connectivity index (χ3n) is 3.11. The lowest BCUT2D eigenvalue weighted by molar-refractivity contribution is -0.122. The highest BCUT2D eigenvalue weighted by Gasteiger charge is 2.13. The van der Waals surface area contributed by atoms with Crippen LogP contribution in [0.3, 0.4) is 0 Å². The number of nitrogens with zero attached hydrogens (tertiary/aromatic N) is 2. The fourth-order valence-corrected chi connectivity index (χ4v) is 1.98. The van der Waals surface area contributed by atoms with Crippen LogP contribution in [0.4, 0.5) is 0 Å². The van der Waals surface area contributed by atoms with Gasteiger partial charge in [0, 0.05) is 38.9 Å². The summed E-state index contributed by atoms with van der Waals surface area (Å²) in [6.45, 7) is 4.33. The molecule has 7 heteroatoms. The molecule has 0 radical (unpaired) electrons. The number of carbonyl (C=O) groups excluding carboxylic acids is 1. The predicted molar refractivity (Wildman–Crippen MR) is 72.4 cm³/mol. The van der Waals surface area contributed by atoms with Crippen molar-refractivity contribution in [1.29, 1.82) is 0 Å². The van der Waals surface area contributed by atoms with Gasteiger partial charge in [-0.3, -0.25) is 9.69 Å². The molecule has 0 unspecified atom stereocenters. The van der Waals surface area contributed by atoms with Gasteiger partial charge in [-0.15, -0.1) is 0 Å². The highest BCUT2D eigenvalue weighted by atomic mass is 16.4. The number of hydrogen-bond acceptors (Lipinski definition) is 5. The average Bonchev–Trinajstić information content (AvgIpc) is 2.46. The van der Waals surface area contributed by atoms with Gasteiger partial charge in [0.2, 0.25) is 5.91 Å². The number of aromatic carboxylic acids is 1. The first-order valence-electron chi connectivity index (χ1n) is 6.53. The lowest BCUT2D eigenvalue weighted by atomic mass is 10.2. The monoisotopic (exact) mass is 278 g/mol. The van der Waals surface area contributed by atoms with Crippen LogP contribution in [-0.2, 0) is 11.3 Å². The predicted octanol–water partition coefficient (Wildman–Crippen LogP) is -0.699. The zero-order valence-electron chi connectivity index (χ0n) is 11.1. The lowest BCUT2D eigenvalue weighted by Crippen LogP contribution is -2.47. The Morgan fingerprint density at radius 2 is 2.10 bits per heavy atom. The van der Waals surface area contributed by atoms with Crippen molar-refractivity contribution in [3.63, 3.8) is 0 Å². The number of amides is 1. The van der Waals surface area contributed by atoms with Crippen molar-refractivity contribution in [1.82, 2.24) is 20.5 Å². The Labute approximate surface area is 117 Å². The summed E-state index contributed by atoms with van der Waals surface area (Å²) in [6, 6.07) is 3.08. The van der Waals surface area contributed by atoms with E-state index in [2.05, 4.69) is 20.5 Å². The number of piperazine rings is 1. The number of hydrogen-bond donors (Lipinski definition) is 3. The fraction of sp³-hybridized carbons (Fsp3) is 0.462. The minimum atomic E-state index is -1.06. The van der Waals surface area contributed by atoms with E-state index in [-0.39, 0.29) is 11.6 Å². The second-order valence-electron chi connectivity index (χ2n) is 4.66. The van der Waals surface area contributed by atoms with Crippen LogP contribution < -0.4 is 10.6 Å². The van der Waals surface area contributed by atoms with Gasteiger partial charge in [-0.05, 0) is 11.6 Å². The van der Waals surface area contributed by atoms with Crippen molar-refractivity contribution in [3.8, 4) is 0 Å². The summed E-state index contributed by atoms with van der Waals surface area (Å²) in [6.07, 6.45) is 1.47. The number of carbonyl (C=O) groups is 2. The zero-order valence-corrected chi connectivity index (χ0v) is 11.1. The van der Waals surface area contributed by atoms with Gasteiger partial charge in [-0.1, -0.05) is 6.07 Å². The highest BCUT2D eigenvalue weighted by molar-refractivity contribution is 5.85. The van der Waals surface area contributed by atoms with Crippen molar-refractivity contribution in [2.75, 3.05) is 32.7 Å². The van der Waals surface area contributed by atoms with Crippen LogP contribution in [0.15, 0.2) is 18.3 Å². The maximum atomic E-state index is 11.8. The number of carboxylic acids is 1. The smallest absolute Gasteiger partial charge is 0.354 e. The molecule has 108 valence electrons.